The van der Waals surface area contributed by atoms with Gasteiger partial charge in [-0.25, -0.2) is 0 Å². The Bertz CT molecular complexity index is 3490. The summed E-state index contributed by atoms with van der Waals surface area (Å²) in [4.78, 5) is 0. The summed E-state index contributed by atoms with van der Waals surface area (Å²) in [5, 5.41) is 13.2. The van der Waals surface area contributed by atoms with Crippen LogP contribution in [-0.2, 0) is 10.8 Å². The second-order valence-corrected chi connectivity index (χ2v) is 20.8. The van der Waals surface area contributed by atoms with Crippen LogP contribution in [0.4, 0.5) is 0 Å². The van der Waals surface area contributed by atoms with E-state index in [9.17, 15) is 0 Å². The predicted molar refractivity (Wildman–Crippen MR) is 268 cm³/mol. The number of rotatable bonds is 2. The molecular formula is C62H52. The van der Waals surface area contributed by atoms with E-state index in [1.165, 1.54) is 121 Å². The largest absolute Gasteiger partial charge is 0.0619 e. The van der Waals surface area contributed by atoms with E-state index in [2.05, 4.69) is 225 Å². The summed E-state index contributed by atoms with van der Waals surface area (Å²) in [6.07, 6.45) is 0. The molecule has 0 fully saturated rings. The average Bonchev–Trinajstić information content (AvgIpc) is 3.73. The van der Waals surface area contributed by atoms with Gasteiger partial charge in [0.15, 0.2) is 0 Å². The molecule has 0 aliphatic heterocycles. The first-order valence-electron chi connectivity index (χ1n) is 22.5. The molecule has 12 rings (SSSR count). The van der Waals surface area contributed by atoms with E-state index in [1.807, 2.05) is 0 Å². The molecule has 0 aromatic heterocycles. The van der Waals surface area contributed by atoms with Crippen LogP contribution in [0.2, 0.25) is 0 Å². The van der Waals surface area contributed by atoms with E-state index in [0.29, 0.717) is 0 Å². The van der Waals surface area contributed by atoms with E-state index in [0.717, 1.165) is 0 Å². The zero-order valence-corrected chi connectivity index (χ0v) is 37.2. The van der Waals surface area contributed by atoms with Gasteiger partial charge in [0.05, 0.1) is 0 Å². The Hall–Kier alpha value is -6.50. The lowest BCUT2D eigenvalue weighted by Crippen LogP contribution is -2.50. The van der Waals surface area contributed by atoms with Crippen LogP contribution < -0.4 is 0 Å². The maximum absolute atomic E-state index is 2.49. The van der Waals surface area contributed by atoms with Crippen LogP contribution >= 0.6 is 0 Å². The van der Waals surface area contributed by atoms with Crippen molar-refractivity contribution in [2.75, 3.05) is 0 Å². The summed E-state index contributed by atoms with van der Waals surface area (Å²) >= 11 is 0. The highest BCUT2D eigenvalue weighted by molar-refractivity contribution is 6.23. The van der Waals surface area contributed by atoms with Gasteiger partial charge in [0.2, 0.25) is 0 Å². The smallest absolute Gasteiger partial charge is 0.0324 e. The van der Waals surface area contributed by atoms with Crippen LogP contribution in [0.5, 0.6) is 0 Å². The number of hydrogen-bond donors (Lipinski definition) is 0. The minimum Gasteiger partial charge on any atom is -0.0619 e. The highest BCUT2D eigenvalue weighted by atomic mass is 14.6. The molecule has 0 N–H and O–H groups in total. The zero-order valence-electron chi connectivity index (χ0n) is 37.2. The molecule has 0 spiro atoms. The highest BCUT2D eigenvalue weighted by Crippen LogP contribution is 2.68. The van der Waals surface area contributed by atoms with Crippen molar-refractivity contribution in [3.63, 3.8) is 0 Å². The molecule has 10 aromatic rings. The average molecular weight is 797 g/mol. The van der Waals surface area contributed by atoms with Gasteiger partial charge in [-0.05, 0) is 144 Å². The van der Waals surface area contributed by atoms with E-state index in [1.54, 1.807) is 0 Å². The van der Waals surface area contributed by atoms with E-state index < -0.39 is 0 Å². The Morgan fingerprint density at radius 3 is 1.34 bits per heavy atom. The maximum atomic E-state index is 2.49. The van der Waals surface area contributed by atoms with Gasteiger partial charge in [-0.1, -0.05) is 213 Å². The minimum absolute atomic E-state index is 0.0715. The van der Waals surface area contributed by atoms with Crippen LogP contribution in [-0.4, -0.2) is 0 Å². The molecule has 2 aliphatic carbocycles. The molecule has 0 heterocycles. The van der Waals surface area contributed by atoms with Crippen molar-refractivity contribution >= 4 is 53.9 Å². The summed E-state index contributed by atoms with van der Waals surface area (Å²) < 4.78 is 0. The molecule has 0 atom stereocenters. The summed E-state index contributed by atoms with van der Waals surface area (Å²) in [6, 6.07) is 65.0. The van der Waals surface area contributed by atoms with Crippen molar-refractivity contribution in [3.8, 4) is 44.5 Å². The Kier molecular flexibility index (Phi) is 7.54. The second kappa shape index (κ2) is 12.5. The molecule has 2 aliphatic rings. The molecule has 0 nitrogen and oxygen atoms in total. The Morgan fingerprint density at radius 2 is 0.758 bits per heavy atom. The molecule has 10 aromatic carbocycles. The quantitative estimate of drug-likeness (QED) is 0.121. The fourth-order valence-electron chi connectivity index (χ4n) is 13.3. The van der Waals surface area contributed by atoms with Crippen LogP contribution in [0.3, 0.4) is 0 Å². The van der Waals surface area contributed by atoms with Gasteiger partial charge in [-0.2, -0.15) is 0 Å². The molecular weight excluding hydrogens is 745 g/mol. The third-order valence-corrected chi connectivity index (χ3v) is 15.3. The third-order valence-electron chi connectivity index (χ3n) is 15.3. The van der Waals surface area contributed by atoms with Crippen molar-refractivity contribution < 1.29 is 0 Å². The van der Waals surface area contributed by atoms with Gasteiger partial charge in [0.25, 0.3) is 0 Å². The Labute approximate surface area is 365 Å². The lowest BCUT2D eigenvalue weighted by molar-refractivity contribution is 0.0977. The van der Waals surface area contributed by atoms with Crippen LogP contribution in [0.1, 0.15) is 77.6 Å². The van der Waals surface area contributed by atoms with Crippen LogP contribution in [0.25, 0.3) is 98.4 Å². The first-order valence-corrected chi connectivity index (χ1v) is 22.5. The summed E-state index contributed by atoms with van der Waals surface area (Å²) in [7, 11) is 0. The van der Waals surface area contributed by atoms with Crippen molar-refractivity contribution in [3.05, 3.63) is 192 Å². The molecule has 0 bridgehead atoms. The van der Waals surface area contributed by atoms with Gasteiger partial charge in [0.1, 0.15) is 0 Å². The lowest BCUT2D eigenvalue weighted by atomic mass is 9.49. The van der Waals surface area contributed by atoms with Gasteiger partial charge >= 0.3 is 0 Å². The topological polar surface area (TPSA) is 0 Å². The van der Waals surface area contributed by atoms with E-state index >= 15 is 0 Å². The molecule has 0 heteroatoms. The fraction of sp³-hybridized carbons (Fsp3) is 0.194. The Balaban J connectivity index is 1.12. The fourth-order valence-corrected chi connectivity index (χ4v) is 13.3. The number of benzene rings is 10. The lowest BCUT2D eigenvalue weighted by Gasteiger charge is -2.54. The first-order chi connectivity index (χ1) is 29.8. The van der Waals surface area contributed by atoms with Gasteiger partial charge in [-0.15, -0.1) is 0 Å². The maximum Gasteiger partial charge on any atom is 0.0324 e. The van der Waals surface area contributed by atoms with Crippen molar-refractivity contribution in [2.24, 2.45) is 10.8 Å². The minimum atomic E-state index is -0.290. The van der Waals surface area contributed by atoms with E-state index in [4.69, 9.17) is 0 Å². The van der Waals surface area contributed by atoms with Crippen LogP contribution in [0.15, 0.2) is 170 Å². The summed E-state index contributed by atoms with van der Waals surface area (Å²) in [5.41, 5.74) is 15.9. The number of hydrogen-bond acceptors (Lipinski definition) is 0. The molecule has 300 valence electrons. The first kappa shape index (κ1) is 37.3. The van der Waals surface area contributed by atoms with Gasteiger partial charge in [-0.3, -0.25) is 0 Å². The molecule has 0 saturated carbocycles. The zero-order chi connectivity index (χ0) is 42.5. The van der Waals surface area contributed by atoms with E-state index in [-0.39, 0.29) is 21.7 Å². The summed E-state index contributed by atoms with van der Waals surface area (Å²) in [6.45, 7) is 19.6. The standard InChI is InChI=1S/C62H52/c1-59(2,3)62(60(4,5)6)57-40-32-30-38(35-37(40)29-34-51(57)56-45-22-11-9-19-41(45)42-20-10-16-27-50(42)58(56)62)54-46-23-12-14-25-48(46)55(49-26-15-13-24-47(49)54)39-31-33-44-43-21-17-18-28-52(43)61(7,8)53(44)36-39/h9-36H,1-8H3. The molecule has 0 radical (unpaired) electrons. The van der Waals surface area contributed by atoms with Crippen molar-refractivity contribution in [1.82, 2.24) is 0 Å². The number of fused-ring (bicyclic) bond motifs is 15. The van der Waals surface area contributed by atoms with Crippen molar-refractivity contribution in [2.45, 2.75) is 66.2 Å². The molecule has 0 saturated heterocycles. The monoisotopic (exact) mass is 796 g/mol. The van der Waals surface area contributed by atoms with Gasteiger partial charge in [0, 0.05) is 10.8 Å². The summed E-state index contributed by atoms with van der Waals surface area (Å²) in [5.74, 6) is 0. The Morgan fingerprint density at radius 1 is 0.323 bits per heavy atom. The second-order valence-electron chi connectivity index (χ2n) is 20.8. The highest BCUT2D eigenvalue weighted by Gasteiger charge is 2.59. The van der Waals surface area contributed by atoms with Gasteiger partial charge < -0.3 is 0 Å². The SMILES string of the molecule is CC1(C)c2ccccc2-c2ccc(-c3c4ccccc4c(-c4ccc5c6c(ccc5c4)-c4c(c5ccccc5c5ccccc45)C6(C(C)(C)C)C(C)(C)C)c4ccccc34)cc21. The predicted octanol–water partition coefficient (Wildman–Crippen LogP) is 17.5. The molecule has 0 amide bonds. The third kappa shape index (κ3) is 4.68. The molecule has 62 heavy (non-hydrogen) atoms. The van der Waals surface area contributed by atoms with Crippen LogP contribution in [0, 0.1) is 10.8 Å². The normalized spacial score (nSPS) is 15.0. The van der Waals surface area contributed by atoms with Crippen molar-refractivity contribution in [1.29, 1.82) is 0 Å². The molecule has 0 unspecified atom stereocenters.